The van der Waals surface area contributed by atoms with Crippen LogP contribution >= 0.6 is 23.2 Å². The molecule has 19 heavy (non-hydrogen) atoms. The molecule has 0 aliphatic rings. The molecular formula is C14H11Cl2NO2. The summed E-state index contributed by atoms with van der Waals surface area (Å²) in [6.07, 6.45) is -0.0604. The number of carbonyl (C=O) groups excluding carboxylic acids is 1. The lowest BCUT2D eigenvalue weighted by molar-refractivity contribution is -0.111. The lowest BCUT2D eigenvalue weighted by Gasteiger charge is -2.10. The molecular weight excluding hydrogens is 285 g/mol. The van der Waals surface area contributed by atoms with Crippen LogP contribution in [0.4, 0.5) is 0 Å². The van der Waals surface area contributed by atoms with Gasteiger partial charge >= 0.3 is 0 Å². The van der Waals surface area contributed by atoms with Crippen molar-refractivity contribution in [3.8, 4) is 11.3 Å². The summed E-state index contributed by atoms with van der Waals surface area (Å²) in [5, 5.41) is 0.0921. The summed E-state index contributed by atoms with van der Waals surface area (Å²) in [5.74, 6) is 0. The standard InChI is InChI=1S/C14H11Cl2NO2/c1-17-12(9-2-5-11(15)6-3-9)7-4-10(14(17)19)8-13(16)18/h2-7H,8H2,1H3. The zero-order valence-corrected chi connectivity index (χ0v) is 11.7. The number of hydrogen-bond acceptors (Lipinski definition) is 2. The van der Waals surface area contributed by atoms with E-state index in [1.54, 1.807) is 31.3 Å². The number of halogens is 2. The number of nitrogens with zero attached hydrogens (tertiary/aromatic N) is 1. The van der Waals surface area contributed by atoms with Crippen LogP contribution in [-0.4, -0.2) is 9.81 Å². The van der Waals surface area contributed by atoms with Gasteiger partial charge in [-0.3, -0.25) is 9.59 Å². The number of hydrogen-bond donors (Lipinski definition) is 0. The summed E-state index contributed by atoms with van der Waals surface area (Å²) < 4.78 is 1.50. The molecule has 2 aromatic rings. The Morgan fingerprint density at radius 1 is 1.16 bits per heavy atom. The van der Waals surface area contributed by atoms with Gasteiger partial charge in [-0.15, -0.1) is 0 Å². The van der Waals surface area contributed by atoms with Gasteiger partial charge in [-0.2, -0.15) is 0 Å². The molecule has 5 heteroatoms. The van der Waals surface area contributed by atoms with Crippen LogP contribution in [0.3, 0.4) is 0 Å². The maximum Gasteiger partial charge on any atom is 0.254 e. The van der Waals surface area contributed by atoms with Crippen molar-refractivity contribution in [1.29, 1.82) is 0 Å². The van der Waals surface area contributed by atoms with Crippen molar-refractivity contribution in [3.63, 3.8) is 0 Å². The average Bonchev–Trinajstić information content (AvgIpc) is 2.36. The van der Waals surface area contributed by atoms with Crippen LogP contribution in [0.15, 0.2) is 41.2 Å². The van der Waals surface area contributed by atoms with Gasteiger partial charge in [-0.05, 0) is 35.4 Å². The van der Waals surface area contributed by atoms with E-state index in [2.05, 4.69) is 0 Å². The van der Waals surface area contributed by atoms with Crippen LogP contribution in [0.2, 0.25) is 5.02 Å². The molecule has 0 unspecified atom stereocenters. The molecule has 3 nitrogen and oxygen atoms in total. The van der Waals surface area contributed by atoms with Gasteiger partial charge in [0.05, 0.1) is 12.1 Å². The van der Waals surface area contributed by atoms with Crippen molar-refractivity contribution in [2.45, 2.75) is 6.42 Å². The Balaban J connectivity index is 2.49. The Kier molecular flexibility index (Phi) is 4.08. The Hall–Kier alpha value is -1.58. The van der Waals surface area contributed by atoms with E-state index in [-0.39, 0.29) is 12.0 Å². The molecule has 0 bridgehead atoms. The second-order valence-electron chi connectivity index (χ2n) is 4.15. The molecule has 1 aromatic heterocycles. The minimum Gasteiger partial charge on any atom is -0.311 e. The van der Waals surface area contributed by atoms with E-state index in [1.807, 2.05) is 12.1 Å². The minimum atomic E-state index is -0.545. The van der Waals surface area contributed by atoms with Crippen LogP contribution in [-0.2, 0) is 18.3 Å². The van der Waals surface area contributed by atoms with Gasteiger partial charge in [-0.1, -0.05) is 29.8 Å². The number of carbonyl (C=O) groups is 1. The normalized spacial score (nSPS) is 10.5. The molecule has 0 saturated carbocycles. The van der Waals surface area contributed by atoms with Crippen molar-refractivity contribution < 1.29 is 4.79 Å². The van der Waals surface area contributed by atoms with Gasteiger partial charge in [0.2, 0.25) is 5.24 Å². The van der Waals surface area contributed by atoms with Crippen LogP contribution in [0.1, 0.15) is 5.56 Å². The summed E-state index contributed by atoms with van der Waals surface area (Å²) >= 11 is 11.1. The van der Waals surface area contributed by atoms with Crippen LogP contribution < -0.4 is 5.56 Å². The van der Waals surface area contributed by atoms with Gasteiger partial charge in [0.25, 0.3) is 5.56 Å². The molecule has 0 aliphatic heterocycles. The SMILES string of the molecule is Cn1c(-c2ccc(Cl)cc2)ccc(CC(=O)Cl)c1=O. The van der Waals surface area contributed by atoms with Gasteiger partial charge < -0.3 is 4.57 Å². The molecule has 0 radical (unpaired) electrons. The van der Waals surface area contributed by atoms with E-state index in [4.69, 9.17) is 23.2 Å². The molecule has 0 aliphatic carbocycles. The van der Waals surface area contributed by atoms with Crippen molar-refractivity contribution in [1.82, 2.24) is 4.57 Å². The summed E-state index contributed by atoms with van der Waals surface area (Å²) in [4.78, 5) is 23.0. The van der Waals surface area contributed by atoms with Crippen molar-refractivity contribution >= 4 is 28.4 Å². The van der Waals surface area contributed by atoms with E-state index in [9.17, 15) is 9.59 Å². The number of aromatic nitrogens is 1. The molecule has 0 atom stereocenters. The smallest absolute Gasteiger partial charge is 0.254 e. The number of rotatable bonds is 3. The Morgan fingerprint density at radius 3 is 2.37 bits per heavy atom. The maximum atomic E-state index is 12.1. The molecule has 2 rings (SSSR count). The summed E-state index contributed by atoms with van der Waals surface area (Å²) in [7, 11) is 1.66. The molecule has 1 heterocycles. The second-order valence-corrected chi connectivity index (χ2v) is 5.00. The maximum absolute atomic E-state index is 12.1. The first-order chi connectivity index (χ1) is 8.99. The highest BCUT2D eigenvalue weighted by Gasteiger charge is 2.09. The van der Waals surface area contributed by atoms with E-state index >= 15 is 0 Å². The number of pyridine rings is 1. The van der Waals surface area contributed by atoms with Crippen molar-refractivity contribution in [3.05, 3.63) is 57.3 Å². The molecule has 0 fully saturated rings. The topological polar surface area (TPSA) is 39.1 Å². The molecule has 0 saturated heterocycles. The molecule has 1 aromatic carbocycles. The lowest BCUT2D eigenvalue weighted by Crippen LogP contribution is -2.23. The quantitative estimate of drug-likeness (QED) is 0.817. The average molecular weight is 296 g/mol. The van der Waals surface area contributed by atoms with Gasteiger partial charge in [0.15, 0.2) is 0 Å². The van der Waals surface area contributed by atoms with E-state index in [1.165, 1.54) is 4.57 Å². The second kappa shape index (κ2) is 5.59. The van der Waals surface area contributed by atoms with E-state index < -0.39 is 5.24 Å². The highest BCUT2D eigenvalue weighted by atomic mass is 35.5. The van der Waals surface area contributed by atoms with Crippen molar-refractivity contribution in [2.75, 3.05) is 0 Å². The Labute approximate surface area is 120 Å². The monoisotopic (exact) mass is 295 g/mol. The molecule has 0 amide bonds. The Bertz CT molecular complexity index is 675. The number of benzene rings is 1. The molecule has 0 spiro atoms. The third-order valence-electron chi connectivity index (χ3n) is 2.85. The van der Waals surface area contributed by atoms with E-state index in [0.717, 1.165) is 11.3 Å². The molecule has 98 valence electrons. The highest BCUT2D eigenvalue weighted by Crippen LogP contribution is 2.20. The zero-order chi connectivity index (χ0) is 14.0. The van der Waals surface area contributed by atoms with Gasteiger partial charge in [-0.25, -0.2) is 0 Å². The van der Waals surface area contributed by atoms with Crippen molar-refractivity contribution in [2.24, 2.45) is 7.05 Å². The fourth-order valence-electron chi connectivity index (χ4n) is 1.88. The van der Waals surface area contributed by atoms with Crippen LogP contribution in [0, 0.1) is 0 Å². The fourth-order valence-corrected chi connectivity index (χ4v) is 2.15. The van der Waals surface area contributed by atoms with Crippen LogP contribution in [0.25, 0.3) is 11.3 Å². The molecule has 0 N–H and O–H groups in total. The summed E-state index contributed by atoms with van der Waals surface area (Å²) in [5.41, 5.74) is 1.81. The highest BCUT2D eigenvalue weighted by molar-refractivity contribution is 6.63. The predicted octanol–water partition coefficient (Wildman–Crippen LogP) is 3.01. The predicted molar refractivity (Wildman–Crippen MR) is 76.7 cm³/mol. The fraction of sp³-hybridized carbons (Fsp3) is 0.143. The first-order valence-corrected chi connectivity index (χ1v) is 6.38. The third-order valence-corrected chi connectivity index (χ3v) is 3.24. The van der Waals surface area contributed by atoms with Gasteiger partial charge in [0, 0.05) is 17.6 Å². The van der Waals surface area contributed by atoms with Crippen LogP contribution in [0.5, 0.6) is 0 Å². The van der Waals surface area contributed by atoms with Gasteiger partial charge in [0.1, 0.15) is 0 Å². The summed E-state index contributed by atoms with van der Waals surface area (Å²) in [6.45, 7) is 0. The van der Waals surface area contributed by atoms with E-state index in [0.29, 0.717) is 10.6 Å². The Morgan fingerprint density at radius 2 is 1.79 bits per heavy atom. The third kappa shape index (κ3) is 3.06. The summed E-state index contributed by atoms with van der Waals surface area (Å²) in [6, 6.07) is 10.6. The largest absolute Gasteiger partial charge is 0.311 e. The first-order valence-electron chi connectivity index (χ1n) is 5.62. The lowest BCUT2D eigenvalue weighted by atomic mass is 10.1. The first kappa shape index (κ1) is 13.8. The zero-order valence-electron chi connectivity index (χ0n) is 10.2. The minimum absolute atomic E-state index is 0.0604.